The molecule has 0 aromatic rings. The van der Waals surface area contributed by atoms with Crippen molar-refractivity contribution in [2.45, 2.75) is 38.9 Å². The highest BCUT2D eigenvalue weighted by Gasteiger charge is 2.20. The Balaban J connectivity index is 4.19. The van der Waals surface area contributed by atoms with Crippen molar-refractivity contribution in [2.24, 2.45) is 0 Å². The van der Waals surface area contributed by atoms with Crippen molar-refractivity contribution in [1.29, 1.82) is 0 Å². The normalized spacial score (nSPS) is 15.8. The lowest BCUT2D eigenvalue weighted by molar-refractivity contribution is -0.398. The SMILES string of the molecule is C[C@H]([NH3+])C(=O)N[C@H](C)C(=O)N[C@@H](C)C(=O)[O-]. The zero-order chi connectivity index (χ0) is 12.9. The van der Waals surface area contributed by atoms with Crippen LogP contribution in [0.1, 0.15) is 20.8 Å². The van der Waals surface area contributed by atoms with Crippen molar-refractivity contribution in [3.05, 3.63) is 0 Å². The molecule has 0 aliphatic rings. The summed E-state index contributed by atoms with van der Waals surface area (Å²) in [6, 6.07) is -2.38. The van der Waals surface area contributed by atoms with Gasteiger partial charge < -0.3 is 26.3 Å². The second-order valence-corrected chi connectivity index (χ2v) is 3.68. The third kappa shape index (κ3) is 4.74. The number of rotatable bonds is 5. The van der Waals surface area contributed by atoms with Crippen molar-refractivity contribution in [1.82, 2.24) is 10.6 Å². The highest BCUT2D eigenvalue weighted by molar-refractivity contribution is 5.90. The summed E-state index contributed by atoms with van der Waals surface area (Å²) in [7, 11) is 0. The van der Waals surface area contributed by atoms with Gasteiger partial charge in [-0.3, -0.25) is 9.59 Å². The van der Waals surface area contributed by atoms with Crippen molar-refractivity contribution >= 4 is 17.8 Å². The summed E-state index contributed by atoms with van der Waals surface area (Å²) >= 11 is 0. The monoisotopic (exact) mass is 231 g/mol. The van der Waals surface area contributed by atoms with Crippen molar-refractivity contribution < 1.29 is 25.2 Å². The Bertz CT molecular complexity index is 290. The highest BCUT2D eigenvalue weighted by Crippen LogP contribution is 1.87. The van der Waals surface area contributed by atoms with Crippen LogP contribution < -0.4 is 21.5 Å². The number of quaternary nitrogens is 1. The molecule has 0 heterocycles. The molecule has 16 heavy (non-hydrogen) atoms. The quantitative estimate of drug-likeness (QED) is 0.451. The maximum atomic E-state index is 11.4. The first-order valence-corrected chi connectivity index (χ1v) is 4.90. The first-order valence-electron chi connectivity index (χ1n) is 4.90. The fourth-order valence-electron chi connectivity index (χ4n) is 0.819. The van der Waals surface area contributed by atoms with E-state index in [1.54, 1.807) is 6.92 Å². The fraction of sp³-hybridized carbons (Fsp3) is 0.667. The molecule has 0 aromatic carbocycles. The molecule has 0 spiro atoms. The number of aliphatic carboxylic acids is 1. The lowest BCUT2D eigenvalue weighted by Crippen LogP contribution is -2.67. The molecule has 7 heteroatoms. The number of carbonyl (C=O) groups is 3. The number of carboxylic acid groups (broad SMARTS) is 1. The Hall–Kier alpha value is -1.63. The minimum absolute atomic E-state index is 0.372. The predicted octanol–water partition coefficient (Wildman–Crippen LogP) is -3.62. The van der Waals surface area contributed by atoms with Gasteiger partial charge in [0.25, 0.3) is 5.91 Å². The molecule has 5 N–H and O–H groups in total. The Morgan fingerprint density at radius 2 is 1.44 bits per heavy atom. The van der Waals surface area contributed by atoms with E-state index in [0.29, 0.717) is 0 Å². The van der Waals surface area contributed by atoms with E-state index in [0.717, 1.165) is 0 Å². The standard InChI is InChI=1S/C9H17N3O4/c1-4(10)7(13)11-5(2)8(14)12-6(3)9(15)16/h4-6H,10H2,1-3H3,(H,11,13)(H,12,14)(H,15,16)/t4-,5+,6-/m0/s1. The van der Waals surface area contributed by atoms with Crippen LogP contribution in [0.2, 0.25) is 0 Å². The van der Waals surface area contributed by atoms with Gasteiger partial charge in [0, 0.05) is 0 Å². The average Bonchev–Trinajstić information content (AvgIpc) is 2.16. The smallest absolute Gasteiger partial charge is 0.278 e. The van der Waals surface area contributed by atoms with E-state index in [-0.39, 0.29) is 5.91 Å². The summed E-state index contributed by atoms with van der Waals surface area (Å²) in [6.45, 7) is 4.33. The molecular weight excluding hydrogens is 214 g/mol. The largest absolute Gasteiger partial charge is 0.548 e. The summed E-state index contributed by atoms with van der Waals surface area (Å²) in [6.07, 6.45) is 0. The molecule has 0 bridgehead atoms. The van der Waals surface area contributed by atoms with Crippen LogP contribution in [0, 0.1) is 0 Å². The van der Waals surface area contributed by atoms with Gasteiger partial charge in [0.2, 0.25) is 5.91 Å². The van der Waals surface area contributed by atoms with E-state index < -0.39 is 30.0 Å². The van der Waals surface area contributed by atoms with Gasteiger partial charge in [-0.05, 0) is 20.8 Å². The van der Waals surface area contributed by atoms with Crippen LogP contribution in [0.25, 0.3) is 0 Å². The second-order valence-electron chi connectivity index (χ2n) is 3.68. The van der Waals surface area contributed by atoms with Crippen LogP contribution in [0.4, 0.5) is 0 Å². The van der Waals surface area contributed by atoms with Crippen molar-refractivity contribution in [2.75, 3.05) is 0 Å². The van der Waals surface area contributed by atoms with Gasteiger partial charge in [-0.2, -0.15) is 0 Å². The fourth-order valence-corrected chi connectivity index (χ4v) is 0.819. The summed E-state index contributed by atoms with van der Waals surface area (Å²) in [5, 5.41) is 14.9. The molecule has 0 radical (unpaired) electrons. The van der Waals surface area contributed by atoms with Crippen LogP contribution in [0.5, 0.6) is 0 Å². The molecule has 0 fully saturated rings. The minimum Gasteiger partial charge on any atom is -0.548 e. The molecule has 0 unspecified atom stereocenters. The van der Waals surface area contributed by atoms with Gasteiger partial charge in [-0.1, -0.05) is 0 Å². The third-order valence-electron chi connectivity index (χ3n) is 1.91. The maximum absolute atomic E-state index is 11.4. The number of carbonyl (C=O) groups excluding carboxylic acids is 3. The first kappa shape index (κ1) is 14.4. The number of carboxylic acids is 1. The van der Waals surface area contributed by atoms with Gasteiger partial charge in [0.15, 0.2) is 6.04 Å². The summed E-state index contributed by atoms with van der Waals surface area (Å²) in [5.74, 6) is -2.33. The molecule has 0 aromatic heterocycles. The molecule has 92 valence electrons. The lowest BCUT2D eigenvalue weighted by Gasteiger charge is -2.19. The van der Waals surface area contributed by atoms with Crippen LogP contribution in [0.15, 0.2) is 0 Å². The van der Waals surface area contributed by atoms with Gasteiger partial charge in [-0.25, -0.2) is 0 Å². The topological polar surface area (TPSA) is 126 Å². The van der Waals surface area contributed by atoms with Crippen LogP contribution in [-0.4, -0.2) is 35.9 Å². The average molecular weight is 231 g/mol. The summed E-state index contributed by atoms with van der Waals surface area (Å²) in [4.78, 5) is 32.9. The molecule has 0 aliphatic carbocycles. The van der Waals surface area contributed by atoms with Gasteiger partial charge >= 0.3 is 0 Å². The van der Waals surface area contributed by atoms with Gasteiger partial charge in [0.1, 0.15) is 6.04 Å². The second kappa shape index (κ2) is 6.06. The lowest BCUT2D eigenvalue weighted by atomic mass is 10.2. The molecule has 3 atom stereocenters. The van der Waals surface area contributed by atoms with Gasteiger partial charge in [-0.15, -0.1) is 0 Å². The van der Waals surface area contributed by atoms with Crippen LogP contribution in [0.3, 0.4) is 0 Å². The molecule has 7 nitrogen and oxygen atoms in total. The van der Waals surface area contributed by atoms with E-state index in [1.807, 2.05) is 0 Å². The van der Waals surface area contributed by atoms with E-state index in [9.17, 15) is 19.5 Å². The summed E-state index contributed by atoms with van der Waals surface area (Å²) < 4.78 is 0. The Morgan fingerprint density at radius 3 is 1.81 bits per heavy atom. The highest BCUT2D eigenvalue weighted by atomic mass is 16.4. The molecule has 0 aliphatic heterocycles. The van der Waals surface area contributed by atoms with E-state index in [2.05, 4.69) is 16.4 Å². The Kier molecular flexibility index (Phi) is 5.44. The van der Waals surface area contributed by atoms with Crippen molar-refractivity contribution in [3.63, 3.8) is 0 Å². The first-order chi connectivity index (χ1) is 7.25. The number of hydrogen-bond acceptors (Lipinski definition) is 4. The van der Waals surface area contributed by atoms with Crippen LogP contribution in [-0.2, 0) is 14.4 Å². The zero-order valence-corrected chi connectivity index (χ0v) is 9.57. The zero-order valence-electron chi connectivity index (χ0n) is 9.57. The molecule has 0 rings (SSSR count). The van der Waals surface area contributed by atoms with Crippen LogP contribution >= 0.6 is 0 Å². The van der Waals surface area contributed by atoms with Gasteiger partial charge in [0.05, 0.1) is 12.0 Å². The molecule has 0 saturated heterocycles. The third-order valence-corrected chi connectivity index (χ3v) is 1.91. The Morgan fingerprint density at radius 1 is 1.00 bits per heavy atom. The minimum atomic E-state index is -1.38. The number of hydrogen-bond donors (Lipinski definition) is 3. The van der Waals surface area contributed by atoms with E-state index >= 15 is 0 Å². The van der Waals surface area contributed by atoms with E-state index in [4.69, 9.17) is 0 Å². The molecular formula is C9H17N3O4. The molecule has 0 saturated carbocycles. The predicted molar refractivity (Wildman–Crippen MR) is 52.6 cm³/mol. The molecule has 2 amide bonds. The number of nitrogens with one attached hydrogen (secondary N) is 2. The summed E-state index contributed by atoms with van der Waals surface area (Å²) in [5.41, 5.74) is 3.49. The number of amides is 2. The maximum Gasteiger partial charge on any atom is 0.278 e. The van der Waals surface area contributed by atoms with Crippen molar-refractivity contribution in [3.8, 4) is 0 Å². The Labute approximate surface area is 93.4 Å². The van der Waals surface area contributed by atoms with E-state index in [1.165, 1.54) is 13.8 Å².